The zero-order valence-corrected chi connectivity index (χ0v) is 17.5. The maximum Gasteiger partial charge on any atom is 0.253 e. The molecule has 2 N–H and O–H groups in total. The Labute approximate surface area is 174 Å². The number of amides is 2. The zero-order chi connectivity index (χ0) is 20.2. The summed E-state index contributed by atoms with van der Waals surface area (Å²) in [5, 5.41) is 6.61. The van der Waals surface area contributed by atoms with Gasteiger partial charge >= 0.3 is 0 Å². The van der Waals surface area contributed by atoms with E-state index in [-0.39, 0.29) is 26.9 Å². The molecule has 0 saturated carbocycles. The Balaban J connectivity index is 1.96. The summed E-state index contributed by atoms with van der Waals surface area (Å²) in [4.78, 5) is 24.7. The lowest BCUT2D eigenvalue weighted by atomic mass is 9.84. The van der Waals surface area contributed by atoms with Crippen molar-refractivity contribution in [1.82, 2.24) is 10.6 Å². The summed E-state index contributed by atoms with van der Waals surface area (Å²) in [5.41, 5.74) is 0.986. The Morgan fingerprint density at radius 2 is 1.67 bits per heavy atom. The van der Waals surface area contributed by atoms with E-state index >= 15 is 0 Å². The third kappa shape index (κ3) is 5.61. The molecule has 0 aliphatic heterocycles. The van der Waals surface area contributed by atoms with Gasteiger partial charge in [-0.1, -0.05) is 66.8 Å². The van der Waals surface area contributed by atoms with Gasteiger partial charge in [-0.2, -0.15) is 0 Å². The maximum absolute atomic E-state index is 12.4. The van der Waals surface area contributed by atoms with Crippen LogP contribution in [-0.4, -0.2) is 24.4 Å². The quantitative estimate of drug-likeness (QED) is 0.691. The highest BCUT2D eigenvalue weighted by molar-refractivity contribution is 6.43. The second kappa shape index (κ2) is 8.96. The Bertz CT molecular complexity index is 836. The van der Waals surface area contributed by atoms with E-state index in [0.29, 0.717) is 11.6 Å². The van der Waals surface area contributed by atoms with Crippen molar-refractivity contribution in [1.29, 1.82) is 0 Å². The van der Waals surface area contributed by atoms with E-state index in [4.69, 9.17) is 34.8 Å². The molecule has 7 heteroatoms. The lowest BCUT2D eigenvalue weighted by Crippen LogP contribution is -2.47. The van der Waals surface area contributed by atoms with E-state index in [0.717, 1.165) is 5.56 Å². The SMILES string of the molecule is CC(NC(=O)c1cccc(Cl)c1Cl)C(=O)NCC(C)(C)c1ccc(Cl)cc1. The zero-order valence-electron chi connectivity index (χ0n) is 15.3. The Morgan fingerprint density at radius 1 is 1.04 bits per heavy atom. The van der Waals surface area contributed by atoms with Gasteiger partial charge in [0.1, 0.15) is 6.04 Å². The van der Waals surface area contributed by atoms with Crippen LogP contribution in [0.25, 0.3) is 0 Å². The fourth-order valence-electron chi connectivity index (χ4n) is 2.48. The van der Waals surface area contributed by atoms with E-state index in [2.05, 4.69) is 10.6 Å². The van der Waals surface area contributed by atoms with Crippen molar-refractivity contribution in [2.24, 2.45) is 0 Å². The van der Waals surface area contributed by atoms with Gasteiger partial charge in [-0.15, -0.1) is 0 Å². The Hall–Kier alpha value is -1.75. The molecule has 0 radical (unpaired) electrons. The van der Waals surface area contributed by atoms with Gasteiger partial charge in [-0.25, -0.2) is 0 Å². The summed E-state index contributed by atoms with van der Waals surface area (Å²) in [6, 6.07) is 11.5. The minimum absolute atomic E-state index is 0.160. The van der Waals surface area contributed by atoms with Crippen molar-refractivity contribution in [2.75, 3.05) is 6.54 Å². The molecule has 1 unspecified atom stereocenters. The van der Waals surface area contributed by atoms with Gasteiger partial charge in [0.2, 0.25) is 5.91 Å². The van der Waals surface area contributed by atoms with Gasteiger partial charge in [0.25, 0.3) is 5.91 Å². The van der Waals surface area contributed by atoms with Crippen LogP contribution >= 0.6 is 34.8 Å². The minimum atomic E-state index is -0.728. The molecule has 0 fully saturated rings. The topological polar surface area (TPSA) is 58.2 Å². The Kier molecular flexibility index (Phi) is 7.15. The van der Waals surface area contributed by atoms with Crippen molar-refractivity contribution in [3.8, 4) is 0 Å². The summed E-state index contributed by atoms with van der Waals surface area (Å²) in [6.07, 6.45) is 0. The molecule has 2 amide bonds. The van der Waals surface area contributed by atoms with Crippen molar-refractivity contribution in [2.45, 2.75) is 32.2 Å². The summed E-state index contributed by atoms with van der Waals surface area (Å²) in [5.74, 6) is -0.745. The van der Waals surface area contributed by atoms with Crippen LogP contribution in [0.4, 0.5) is 0 Å². The first-order valence-electron chi connectivity index (χ1n) is 8.40. The van der Waals surface area contributed by atoms with Crippen LogP contribution in [0.2, 0.25) is 15.1 Å². The highest BCUT2D eigenvalue weighted by atomic mass is 35.5. The normalized spacial score (nSPS) is 12.4. The number of rotatable bonds is 6. The molecule has 2 aromatic carbocycles. The minimum Gasteiger partial charge on any atom is -0.353 e. The number of hydrogen-bond donors (Lipinski definition) is 2. The van der Waals surface area contributed by atoms with Crippen LogP contribution in [0, 0.1) is 0 Å². The second-order valence-electron chi connectivity index (χ2n) is 6.91. The van der Waals surface area contributed by atoms with E-state index < -0.39 is 11.9 Å². The third-order valence-electron chi connectivity index (χ3n) is 4.27. The molecule has 1 atom stereocenters. The second-order valence-corrected chi connectivity index (χ2v) is 8.13. The molecule has 144 valence electrons. The maximum atomic E-state index is 12.4. The van der Waals surface area contributed by atoms with Crippen LogP contribution in [-0.2, 0) is 10.2 Å². The van der Waals surface area contributed by atoms with Crippen molar-refractivity contribution < 1.29 is 9.59 Å². The predicted octanol–water partition coefficient (Wildman–Crippen LogP) is 4.86. The van der Waals surface area contributed by atoms with Gasteiger partial charge in [0, 0.05) is 17.0 Å². The third-order valence-corrected chi connectivity index (χ3v) is 5.34. The summed E-state index contributed by atoms with van der Waals surface area (Å²) in [6.45, 7) is 6.06. The number of benzene rings is 2. The molecular formula is C20H21Cl3N2O2. The van der Waals surface area contributed by atoms with Crippen molar-refractivity contribution in [3.05, 3.63) is 68.7 Å². The molecule has 4 nitrogen and oxygen atoms in total. The summed E-state index contributed by atoms with van der Waals surface area (Å²) in [7, 11) is 0. The fourth-order valence-corrected chi connectivity index (χ4v) is 3.00. The van der Waals surface area contributed by atoms with Crippen LogP contribution < -0.4 is 10.6 Å². The molecule has 0 spiro atoms. The lowest BCUT2D eigenvalue weighted by molar-refractivity contribution is -0.122. The number of hydrogen-bond acceptors (Lipinski definition) is 2. The van der Waals surface area contributed by atoms with Gasteiger partial charge < -0.3 is 10.6 Å². The molecule has 2 aromatic rings. The molecule has 27 heavy (non-hydrogen) atoms. The molecule has 0 aliphatic carbocycles. The van der Waals surface area contributed by atoms with Crippen LogP contribution in [0.3, 0.4) is 0 Å². The lowest BCUT2D eigenvalue weighted by Gasteiger charge is -2.26. The van der Waals surface area contributed by atoms with Crippen LogP contribution in [0.15, 0.2) is 42.5 Å². The largest absolute Gasteiger partial charge is 0.353 e. The van der Waals surface area contributed by atoms with Crippen molar-refractivity contribution in [3.63, 3.8) is 0 Å². The van der Waals surface area contributed by atoms with Crippen molar-refractivity contribution >= 4 is 46.6 Å². The number of halogens is 3. The fraction of sp³-hybridized carbons (Fsp3) is 0.300. The van der Waals surface area contributed by atoms with E-state index in [1.807, 2.05) is 38.1 Å². The van der Waals surface area contributed by atoms with Crippen LogP contribution in [0.5, 0.6) is 0 Å². The molecule has 2 rings (SSSR count). The molecule has 0 heterocycles. The number of nitrogens with one attached hydrogen (secondary N) is 2. The predicted molar refractivity (Wildman–Crippen MR) is 111 cm³/mol. The molecule has 0 bridgehead atoms. The molecular weight excluding hydrogens is 407 g/mol. The first-order valence-corrected chi connectivity index (χ1v) is 9.54. The standard InChI is InChI=1S/C20H21Cl3N2O2/c1-12(25-19(27)15-5-4-6-16(22)17(15)23)18(26)24-11-20(2,3)13-7-9-14(21)10-8-13/h4-10,12H,11H2,1-3H3,(H,24,26)(H,25,27). The first-order chi connectivity index (χ1) is 12.6. The highest BCUT2D eigenvalue weighted by Gasteiger charge is 2.24. The summed E-state index contributed by atoms with van der Waals surface area (Å²) >= 11 is 17.9. The summed E-state index contributed by atoms with van der Waals surface area (Å²) < 4.78 is 0. The highest BCUT2D eigenvalue weighted by Crippen LogP contribution is 2.26. The van der Waals surface area contributed by atoms with Crippen LogP contribution in [0.1, 0.15) is 36.7 Å². The van der Waals surface area contributed by atoms with Gasteiger partial charge in [-0.3, -0.25) is 9.59 Å². The monoisotopic (exact) mass is 426 g/mol. The average Bonchev–Trinajstić information content (AvgIpc) is 2.62. The molecule has 0 aromatic heterocycles. The van der Waals surface area contributed by atoms with Gasteiger partial charge in [0.05, 0.1) is 15.6 Å². The van der Waals surface area contributed by atoms with E-state index in [1.54, 1.807) is 25.1 Å². The molecule has 0 saturated heterocycles. The Morgan fingerprint density at radius 3 is 2.30 bits per heavy atom. The van der Waals surface area contributed by atoms with Gasteiger partial charge in [0.15, 0.2) is 0 Å². The first kappa shape index (κ1) is 21.5. The molecule has 0 aliphatic rings. The smallest absolute Gasteiger partial charge is 0.253 e. The van der Waals surface area contributed by atoms with Gasteiger partial charge in [-0.05, 0) is 36.8 Å². The van der Waals surface area contributed by atoms with E-state index in [1.165, 1.54) is 0 Å². The number of carbonyl (C=O) groups excluding carboxylic acids is 2. The van der Waals surface area contributed by atoms with E-state index in [9.17, 15) is 9.59 Å². The number of carbonyl (C=O) groups is 2. The average molecular weight is 428 g/mol.